The van der Waals surface area contributed by atoms with Gasteiger partial charge in [0.05, 0.1) is 0 Å². The largest absolute Gasteiger partial charge is 0.313 e. The van der Waals surface area contributed by atoms with E-state index in [1.807, 2.05) is 31.3 Å². The zero-order chi connectivity index (χ0) is 14.7. The van der Waals surface area contributed by atoms with Crippen molar-refractivity contribution in [2.24, 2.45) is 0 Å². The Hall–Kier alpha value is -0.250. The van der Waals surface area contributed by atoms with E-state index in [2.05, 4.69) is 27.3 Å². The molecule has 1 atom stereocenters. The molecule has 0 aromatic heterocycles. The van der Waals surface area contributed by atoms with Gasteiger partial charge in [-0.2, -0.15) is 0 Å². The molecule has 0 spiro atoms. The molecule has 0 aliphatic carbocycles. The minimum Gasteiger partial charge on any atom is -0.313 e. The molecule has 2 rings (SSSR count). The molecule has 0 heterocycles. The normalized spacial score (nSPS) is 12.4. The van der Waals surface area contributed by atoms with Gasteiger partial charge < -0.3 is 5.32 Å². The van der Waals surface area contributed by atoms with Gasteiger partial charge in [0.25, 0.3) is 0 Å². The molecule has 0 saturated carbocycles. The van der Waals surface area contributed by atoms with E-state index in [9.17, 15) is 0 Å². The lowest BCUT2D eigenvalue weighted by atomic mass is 9.99. The van der Waals surface area contributed by atoms with Crippen LogP contribution in [-0.4, -0.2) is 7.05 Å². The fourth-order valence-electron chi connectivity index (χ4n) is 2.07. The van der Waals surface area contributed by atoms with E-state index >= 15 is 0 Å². The molecule has 2 aromatic carbocycles. The van der Waals surface area contributed by atoms with Crippen molar-refractivity contribution in [3.05, 3.63) is 67.1 Å². The highest BCUT2D eigenvalue weighted by molar-refractivity contribution is 9.10. The molecule has 0 amide bonds. The minimum atomic E-state index is 0.128. The summed E-state index contributed by atoms with van der Waals surface area (Å²) in [6.07, 6.45) is 0.763. The molecule has 1 N–H and O–H groups in total. The van der Waals surface area contributed by atoms with Gasteiger partial charge in [-0.3, -0.25) is 0 Å². The summed E-state index contributed by atoms with van der Waals surface area (Å²) in [4.78, 5) is 0. The molecule has 0 bridgehead atoms. The van der Waals surface area contributed by atoms with Crippen molar-refractivity contribution < 1.29 is 0 Å². The third-order valence-electron chi connectivity index (χ3n) is 3.07. The lowest BCUT2D eigenvalue weighted by molar-refractivity contribution is 0.592. The van der Waals surface area contributed by atoms with Crippen LogP contribution >= 0.6 is 50.7 Å². The molecule has 0 saturated heterocycles. The highest BCUT2D eigenvalue weighted by Gasteiger charge is 2.13. The van der Waals surface area contributed by atoms with Crippen LogP contribution < -0.4 is 5.32 Å². The fraction of sp³-hybridized carbons (Fsp3) is 0.200. The van der Waals surface area contributed by atoms with Crippen molar-refractivity contribution in [3.8, 4) is 0 Å². The number of rotatable bonds is 4. The Morgan fingerprint density at radius 2 is 1.80 bits per heavy atom. The second kappa shape index (κ2) is 7.15. The van der Waals surface area contributed by atoms with E-state index in [4.69, 9.17) is 34.8 Å². The Labute approximate surface area is 142 Å². The molecule has 0 radical (unpaired) electrons. The van der Waals surface area contributed by atoms with Gasteiger partial charge in [0.15, 0.2) is 0 Å². The van der Waals surface area contributed by atoms with Crippen molar-refractivity contribution >= 4 is 50.7 Å². The monoisotopic (exact) mass is 391 g/mol. The molecule has 2 aromatic rings. The average Bonchev–Trinajstić information content (AvgIpc) is 2.36. The van der Waals surface area contributed by atoms with E-state index < -0.39 is 0 Å². The van der Waals surface area contributed by atoms with Crippen LogP contribution in [0.5, 0.6) is 0 Å². The summed E-state index contributed by atoms with van der Waals surface area (Å²) in [6.45, 7) is 0. The Morgan fingerprint density at radius 3 is 2.40 bits per heavy atom. The lowest BCUT2D eigenvalue weighted by Crippen LogP contribution is -2.19. The van der Waals surface area contributed by atoms with E-state index in [0.29, 0.717) is 15.1 Å². The van der Waals surface area contributed by atoms with Gasteiger partial charge in [-0.1, -0.05) is 56.8 Å². The van der Waals surface area contributed by atoms with Crippen LogP contribution in [0.15, 0.2) is 40.9 Å². The Kier molecular flexibility index (Phi) is 5.76. The number of hydrogen-bond donors (Lipinski definition) is 1. The number of nitrogens with one attached hydrogen (secondary N) is 1. The van der Waals surface area contributed by atoms with Crippen molar-refractivity contribution in [1.82, 2.24) is 5.32 Å². The molecule has 5 heteroatoms. The Balaban J connectivity index is 2.28. The second-order valence-corrected chi connectivity index (χ2v) is 6.68. The highest BCUT2D eigenvalue weighted by atomic mass is 79.9. The van der Waals surface area contributed by atoms with Gasteiger partial charge >= 0.3 is 0 Å². The lowest BCUT2D eigenvalue weighted by Gasteiger charge is -2.18. The highest BCUT2D eigenvalue weighted by Crippen LogP contribution is 2.29. The molecule has 0 aliphatic heterocycles. The van der Waals surface area contributed by atoms with Gasteiger partial charge in [0.2, 0.25) is 0 Å². The SMILES string of the molecule is CNC(Cc1ccc(Cl)cc1Cl)c1cc(Cl)cc(Br)c1. The van der Waals surface area contributed by atoms with Gasteiger partial charge in [-0.15, -0.1) is 0 Å². The third-order valence-corrected chi connectivity index (χ3v) is 4.34. The standard InChI is InChI=1S/C15H13BrCl3N/c1-20-15(10-4-11(16)7-13(18)5-10)6-9-2-3-12(17)8-14(9)19/h2-5,7-8,15,20H,6H2,1H3. The predicted molar refractivity (Wildman–Crippen MR) is 91.1 cm³/mol. The van der Waals surface area contributed by atoms with Crippen LogP contribution in [0.25, 0.3) is 0 Å². The first kappa shape index (κ1) is 16.1. The first-order valence-electron chi connectivity index (χ1n) is 6.07. The smallest absolute Gasteiger partial charge is 0.0453 e. The van der Waals surface area contributed by atoms with Crippen LogP contribution in [-0.2, 0) is 6.42 Å². The van der Waals surface area contributed by atoms with Crippen molar-refractivity contribution in [2.45, 2.75) is 12.5 Å². The van der Waals surface area contributed by atoms with Crippen LogP contribution in [0.2, 0.25) is 15.1 Å². The molecule has 1 unspecified atom stereocenters. The van der Waals surface area contributed by atoms with Gasteiger partial charge in [0, 0.05) is 25.6 Å². The van der Waals surface area contributed by atoms with Crippen LogP contribution in [0.3, 0.4) is 0 Å². The quantitative estimate of drug-likeness (QED) is 0.681. The topological polar surface area (TPSA) is 12.0 Å². The first-order chi connectivity index (χ1) is 9.49. The summed E-state index contributed by atoms with van der Waals surface area (Å²) in [6, 6.07) is 11.6. The van der Waals surface area contributed by atoms with Gasteiger partial charge in [-0.25, -0.2) is 0 Å². The molecule has 0 fully saturated rings. The number of halogens is 4. The summed E-state index contributed by atoms with van der Waals surface area (Å²) in [5.74, 6) is 0. The summed E-state index contributed by atoms with van der Waals surface area (Å²) in [5, 5.41) is 5.32. The van der Waals surface area contributed by atoms with Crippen LogP contribution in [0.4, 0.5) is 0 Å². The molecule has 106 valence electrons. The molecule has 0 aliphatic rings. The van der Waals surface area contributed by atoms with E-state index in [1.165, 1.54) is 0 Å². The van der Waals surface area contributed by atoms with E-state index in [0.717, 1.165) is 22.0 Å². The molecule has 1 nitrogen and oxygen atoms in total. The summed E-state index contributed by atoms with van der Waals surface area (Å²) >= 11 is 21.7. The van der Waals surface area contributed by atoms with Crippen molar-refractivity contribution in [2.75, 3.05) is 7.05 Å². The zero-order valence-corrected chi connectivity index (χ0v) is 14.6. The maximum absolute atomic E-state index is 6.23. The van der Waals surface area contributed by atoms with E-state index in [1.54, 1.807) is 6.07 Å². The van der Waals surface area contributed by atoms with E-state index in [-0.39, 0.29) is 6.04 Å². The summed E-state index contributed by atoms with van der Waals surface area (Å²) in [7, 11) is 1.92. The molecule has 20 heavy (non-hydrogen) atoms. The third kappa shape index (κ3) is 4.12. The minimum absolute atomic E-state index is 0.128. The zero-order valence-electron chi connectivity index (χ0n) is 10.8. The first-order valence-corrected chi connectivity index (χ1v) is 7.99. The fourth-order valence-corrected chi connectivity index (χ4v) is 3.44. The average molecular weight is 394 g/mol. The molecular weight excluding hydrogens is 380 g/mol. The van der Waals surface area contributed by atoms with Crippen molar-refractivity contribution in [1.29, 1.82) is 0 Å². The maximum Gasteiger partial charge on any atom is 0.0453 e. The maximum atomic E-state index is 6.23. The Bertz CT molecular complexity index is 596. The summed E-state index contributed by atoms with van der Waals surface area (Å²) < 4.78 is 0.961. The second-order valence-electron chi connectivity index (χ2n) is 4.48. The van der Waals surface area contributed by atoms with Gasteiger partial charge in [0.1, 0.15) is 0 Å². The predicted octanol–water partition coefficient (Wildman–Crippen LogP) is 5.91. The Morgan fingerprint density at radius 1 is 1.05 bits per heavy atom. The van der Waals surface area contributed by atoms with Crippen LogP contribution in [0.1, 0.15) is 17.2 Å². The number of hydrogen-bond acceptors (Lipinski definition) is 1. The van der Waals surface area contributed by atoms with Gasteiger partial charge in [-0.05, 0) is 54.9 Å². The summed E-state index contributed by atoms with van der Waals surface area (Å²) in [5.41, 5.74) is 2.16. The van der Waals surface area contributed by atoms with Crippen molar-refractivity contribution in [3.63, 3.8) is 0 Å². The number of benzene rings is 2. The molecular formula is C15H13BrCl3N. The van der Waals surface area contributed by atoms with Crippen LogP contribution in [0, 0.1) is 0 Å². The number of likely N-dealkylation sites (N-methyl/N-ethyl adjacent to an activating group) is 1.